The highest BCUT2D eigenvalue weighted by atomic mass is 16.3. The standard InChI is InChI=1S/C11H12O2/c1-9-7-10(3-2-6-12)4-5-11(9)8-13/h4-5,7,12-13H,6,8H2,1H3. The Balaban J connectivity index is 2.96. The van der Waals surface area contributed by atoms with Crippen LogP contribution in [0.5, 0.6) is 0 Å². The molecule has 0 unspecified atom stereocenters. The van der Waals surface area contributed by atoms with Gasteiger partial charge >= 0.3 is 0 Å². The second-order valence-electron chi connectivity index (χ2n) is 2.76. The minimum Gasteiger partial charge on any atom is -0.392 e. The third-order valence-electron chi connectivity index (χ3n) is 1.82. The van der Waals surface area contributed by atoms with Crippen LogP contribution in [-0.2, 0) is 6.61 Å². The monoisotopic (exact) mass is 176 g/mol. The van der Waals surface area contributed by atoms with Crippen LogP contribution < -0.4 is 0 Å². The molecule has 0 aromatic heterocycles. The van der Waals surface area contributed by atoms with E-state index in [1.165, 1.54) is 0 Å². The lowest BCUT2D eigenvalue weighted by molar-refractivity contribution is 0.281. The Morgan fingerprint density at radius 2 is 2.08 bits per heavy atom. The normalized spacial score (nSPS) is 9.15. The third-order valence-corrected chi connectivity index (χ3v) is 1.82. The molecule has 1 aromatic rings. The Morgan fingerprint density at radius 1 is 1.31 bits per heavy atom. The molecule has 0 heterocycles. The highest BCUT2D eigenvalue weighted by Crippen LogP contribution is 2.09. The van der Waals surface area contributed by atoms with E-state index in [2.05, 4.69) is 11.8 Å². The van der Waals surface area contributed by atoms with Crippen LogP contribution in [0.2, 0.25) is 0 Å². The quantitative estimate of drug-likeness (QED) is 0.622. The summed E-state index contributed by atoms with van der Waals surface area (Å²) in [6, 6.07) is 5.58. The molecule has 2 N–H and O–H groups in total. The number of benzene rings is 1. The van der Waals surface area contributed by atoms with Crippen molar-refractivity contribution in [2.45, 2.75) is 13.5 Å². The Labute approximate surface area is 77.8 Å². The van der Waals surface area contributed by atoms with Gasteiger partial charge < -0.3 is 10.2 Å². The molecule has 0 aliphatic heterocycles. The second kappa shape index (κ2) is 4.66. The fourth-order valence-electron chi connectivity index (χ4n) is 1.09. The van der Waals surface area contributed by atoms with Crippen molar-refractivity contribution in [3.8, 4) is 11.8 Å². The van der Waals surface area contributed by atoms with Gasteiger partial charge in [0.2, 0.25) is 0 Å². The van der Waals surface area contributed by atoms with Gasteiger partial charge in [0.1, 0.15) is 6.61 Å². The van der Waals surface area contributed by atoms with E-state index in [1.807, 2.05) is 25.1 Å². The second-order valence-corrected chi connectivity index (χ2v) is 2.76. The maximum atomic E-state index is 8.91. The average molecular weight is 176 g/mol. The highest BCUT2D eigenvalue weighted by molar-refractivity contribution is 5.40. The van der Waals surface area contributed by atoms with Gasteiger partial charge in [0.15, 0.2) is 0 Å². The largest absolute Gasteiger partial charge is 0.392 e. The van der Waals surface area contributed by atoms with E-state index in [-0.39, 0.29) is 13.2 Å². The van der Waals surface area contributed by atoms with Gasteiger partial charge in [-0.1, -0.05) is 17.9 Å². The molecule has 0 spiro atoms. The average Bonchev–Trinajstić information content (AvgIpc) is 2.15. The molecule has 2 heteroatoms. The molecule has 0 saturated heterocycles. The van der Waals surface area contributed by atoms with Crippen molar-refractivity contribution >= 4 is 0 Å². The van der Waals surface area contributed by atoms with Crippen LogP contribution in [0.15, 0.2) is 18.2 Å². The Morgan fingerprint density at radius 3 is 2.62 bits per heavy atom. The summed E-state index contributed by atoms with van der Waals surface area (Å²) in [6.45, 7) is 1.86. The fraction of sp³-hybridized carbons (Fsp3) is 0.273. The molecule has 1 aromatic carbocycles. The molecule has 2 nitrogen and oxygen atoms in total. The van der Waals surface area contributed by atoms with Gasteiger partial charge in [0.05, 0.1) is 6.61 Å². The molecule has 13 heavy (non-hydrogen) atoms. The molecule has 0 aliphatic carbocycles. The van der Waals surface area contributed by atoms with Gasteiger partial charge in [-0.15, -0.1) is 0 Å². The summed E-state index contributed by atoms with van der Waals surface area (Å²) in [5, 5.41) is 17.4. The van der Waals surface area contributed by atoms with Crippen molar-refractivity contribution in [1.29, 1.82) is 0 Å². The van der Waals surface area contributed by atoms with Gasteiger partial charge in [-0.2, -0.15) is 0 Å². The summed E-state index contributed by atoms with van der Waals surface area (Å²) in [5.74, 6) is 5.38. The lowest BCUT2D eigenvalue weighted by atomic mass is 10.1. The smallest absolute Gasteiger partial charge is 0.104 e. The topological polar surface area (TPSA) is 40.5 Å². The van der Waals surface area contributed by atoms with Crippen LogP contribution in [-0.4, -0.2) is 16.8 Å². The lowest BCUT2D eigenvalue weighted by Crippen LogP contribution is -1.89. The number of aryl methyl sites for hydroxylation is 1. The molecular formula is C11H12O2. The van der Waals surface area contributed by atoms with Crippen LogP contribution in [0, 0.1) is 18.8 Å². The van der Waals surface area contributed by atoms with Gasteiger partial charge in [0.25, 0.3) is 0 Å². The summed E-state index contributed by atoms with van der Waals surface area (Å²) in [4.78, 5) is 0. The first-order valence-corrected chi connectivity index (χ1v) is 4.08. The minimum absolute atomic E-state index is 0.0551. The SMILES string of the molecule is Cc1cc(C#CCO)ccc1CO. The highest BCUT2D eigenvalue weighted by Gasteiger charge is 1.96. The molecule has 0 bridgehead atoms. The molecule has 1 rings (SSSR count). The van der Waals surface area contributed by atoms with E-state index in [9.17, 15) is 0 Å². The Hall–Kier alpha value is -1.30. The summed E-state index contributed by atoms with van der Waals surface area (Å²) in [6.07, 6.45) is 0. The first-order valence-electron chi connectivity index (χ1n) is 4.08. The summed E-state index contributed by atoms with van der Waals surface area (Å²) < 4.78 is 0. The van der Waals surface area contributed by atoms with Crippen molar-refractivity contribution < 1.29 is 10.2 Å². The molecule has 0 fully saturated rings. The first-order chi connectivity index (χ1) is 6.27. The zero-order valence-corrected chi connectivity index (χ0v) is 7.54. The zero-order chi connectivity index (χ0) is 9.68. The van der Waals surface area contributed by atoms with Crippen molar-refractivity contribution in [3.05, 3.63) is 34.9 Å². The van der Waals surface area contributed by atoms with E-state index in [4.69, 9.17) is 10.2 Å². The summed E-state index contributed by atoms with van der Waals surface area (Å²) >= 11 is 0. The number of hydrogen-bond donors (Lipinski definition) is 2. The van der Waals surface area contributed by atoms with Crippen molar-refractivity contribution in [3.63, 3.8) is 0 Å². The van der Waals surface area contributed by atoms with Gasteiger partial charge in [0, 0.05) is 5.56 Å². The molecule has 0 atom stereocenters. The van der Waals surface area contributed by atoms with Crippen molar-refractivity contribution in [1.82, 2.24) is 0 Å². The van der Waals surface area contributed by atoms with E-state index in [1.54, 1.807) is 0 Å². The van der Waals surface area contributed by atoms with Crippen LogP contribution in [0.1, 0.15) is 16.7 Å². The van der Waals surface area contributed by atoms with Gasteiger partial charge in [-0.05, 0) is 30.2 Å². The maximum Gasteiger partial charge on any atom is 0.104 e. The van der Waals surface area contributed by atoms with Crippen LogP contribution in [0.3, 0.4) is 0 Å². The van der Waals surface area contributed by atoms with Crippen LogP contribution in [0.4, 0.5) is 0 Å². The van der Waals surface area contributed by atoms with Gasteiger partial charge in [-0.25, -0.2) is 0 Å². The number of aliphatic hydroxyl groups excluding tert-OH is 2. The minimum atomic E-state index is -0.124. The molecule has 0 saturated carbocycles. The molecule has 0 radical (unpaired) electrons. The molecule has 0 aliphatic rings. The molecule has 0 amide bonds. The van der Waals surface area contributed by atoms with E-state index >= 15 is 0 Å². The molecule has 68 valence electrons. The maximum absolute atomic E-state index is 8.91. The van der Waals surface area contributed by atoms with Crippen molar-refractivity contribution in [2.75, 3.05) is 6.61 Å². The number of hydrogen-bond acceptors (Lipinski definition) is 2. The zero-order valence-electron chi connectivity index (χ0n) is 7.54. The lowest BCUT2D eigenvalue weighted by Gasteiger charge is -2.01. The van der Waals surface area contributed by atoms with E-state index in [0.717, 1.165) is 16.7 Å². The first kappa shape index (κ1) is 9.79. The Bertz CT molecular complexity index is 345. The fourth-order valence-corrected chi connectivity index (χ4v) is 1.09. The van der Waals surface area contributed by atoms with E-state index < -0.39 is 0 Å². The number of rotatable bonds is 1. The van der Waals surface area contributed by atoms with Gasteiger partial charge in [-0.3, -0.25) is 0 Å². The van der Waals surface area contributed by atoms with E-state index in [0.29, 0.717) is 0 Å². The van der Waals surface area contributed by atoms with Crippen molar-refractivity contribution in [2.24, 2.45) is 0 Å². The van der Waals surface area contributed by atoms with Crippen LogP contribution in [0.25, 0.3) is 0 Å². The predicted molar refractivity (Wildman–Crippen MR) is 51.1 cm³/mol. The third kappa shape index (κ3) is 2.59. The molecular weight excluding hydrogens is 164 g/mol. The Kier molecular flexibility index (Phi) is 3.51. The summed E-state index contributed by atoms with van der Waals surface area (Å²) in [7, 11) is 0. The predicted octanol–water partition coefficient (Wildman–Crippen LogP) is 0.831. The summed E-state index contributed by atoms with van der Waals surface area (Å²) in [5.41, 5.74) is 2.80. The number of aliphatic hydroxyl groups is 2. The van der Waals surface area contributed by atoms with Crippen LogP contribution >= 0.6 is 0 Å².